The first kappa shape index (κ1) is 26.2. The lowest BCUT2D eigenvalue weighted by Crippen LogP contribution is -2.65. The van der Waals surface area contributed by atoms with Crippen LogP contribution < -0.4 is 5.32 Å². The maximum atomic E-state index is 13.9. The highest BCUT2D eigenvalue weighted by Gasteiger charge is 2.51. The third kappa shape index (κ3) is 5.40. The lowest BCUT2D eigenvalue weighted by molar-refractivity contribution is -0.157. The molecule has 1 N–H and O–H groups in total. The van der Waals surface area contributed by atoms with Gasteiger partial charge in [0.25, 0.3) is 0 Å². The van der Waals surface area contributed by atoms with Crippen molar-refractivity contribution in [3.8, 4) is 0 Å². The van der Waals surface area contributed by atoms with Gasteiger partial charge in [-0.3, -0.25) is 14.6 Å². The fourth-order valence-corrected chi connectivity index (χ4v) is 5.55. The molecular weight excluding hydrogens is 518 g/mol. The van der Waals surface area contributed by atoms with Gasteiger partial charge in [-0.2, -0.15) is 5.01 Å². The van der Waals surface area contributed by atoms with Crippen molar-refractivity contribution in [3.63, 3.8) is 0 Å². The highest BCUT2D eigenvalue weighted by molar-refractivity contribution is 5.92. The van der Waals surface area contributed by atoms with Gasteiger partial charge in [-0.25, -0.2) is 4.79 Å². The highest BCUT2D eigenvalue weighted by Crippen LogP contribution is 2.30. The van der Waals surface area contributed by atoms with Crippen LogP contribution in [0, 0.1) is 12.3 Å². The number of carbonyl (C=O) groups is 3. The molecular formula is C31H29N7O3. The summed E-state index contributed by atoms with van der Waals surface area (Å²) in [6.07, 6.45) is 2.52. The van der Waals surface area contributed by atoms with E-state index in [-0.39, 0.29) is 30.9 Å². The number of carbonyl (C=O) groups excluding carboxylic acids is 3. The van der Waals surface area contributed by atoms with Crippen LogP contribution in [0.15, 0.2) is 78.9 Å². The van der Waals surface area contributed by atoms with Gasteiger partial charge in [0.15, 0.2) is 0 Å². The summed E-state index contributed by atoms with van der Waals surface area (Å²) in [4.78, 5) is 44.0. The number of fused-ring (bicyclic) bond motifs is 2. The van der Waals surface area contributed by atoms with E-state index in [4.69, 9.17) is 0 Å². The summed E-state index contributed by atoms with van der Waals surface area (Å²) in [5, 5.41) is 14.7. The molecule has 2 saturated heterocycles. The average molecular weight is 548 g/mol. The molecule has 1 aromatic heterocycles. The third-order valence-corrected chi connectivity index (χ3v) is 7.64. The molecule has 2 fully saturated rings. The molecule has 2 aliphatic rings. The van der Waals surface area contributed by atoms with Crippen molar-refractivity contribution in [3.05, 3.63) is 108 Å². The number of amides is 4. The molecule has 10 heteroatoms. The Morgan fingerprint density at radius 1 is 1.00 bits per heavy atom. The summed E-state index contributed by atoms with van der Waals surface area (Å²) in [5.74, 6) is -0.305. The number of benzene rings is 3. The Labute approximate surface area is 238 Å². The predicted octanol–water partition coefficient (Wildman–Crippen LogP) is 2.41. The van der Waals surface area contributed by atoms with Crippen molar-refractivity contribution >= 4 is 28.7 Å². The Hall–Kier alpha value is -5.01. The van der Waals surface area contributed by atoms with Crippen LogP contribution in [-0.2, 0) is 29.1 Å². The molecule has 4 aromatic rings. The van der Waals surface area contributed by atoms with Crippen LogP contribution in [-0.4, -0.2) is 80.2 Å². The van der Waals surface area contributed by atoms with E-state index in [2.05, 4.69) is 27.8 Å². The van der Waals surface area contributed by atoms with Crippen LogP contribution >= 0.6 is 0 Å². The van der Waals surface area contributed by atoms with Gasteiger partial charge in [0.05, 0.1) is 24.7 Å². The fourth-order valence-electron chi connectivity index (χ4n) is 5.55. The van der Waals surface area contributed by atoms with Gasteiger partial charge < -0.3 is 15.1 Å². The number of urea groups is 1. The highest BCUT2D eigenvalue weighted by atomic mass is 16.2. The van der Waals surface area contributed by atoms with E-state index < -0.39 is 12.2 Å². The maximum Gasteiger partial charge on any atom is 0.332 e. The summed E-state index contributed by atoms with van der Waals surface area (Å²) in [5.41, 5.74) is 3.53. The van der Waals surface area contributed by atoms with Gasteiger partial charge in [0.2, 0.25) is 11.8 Å². The van der Waals surface area contributed by atoms with E-state index >= 15 is 0 Å². The quantitative estimate of drug-likeness (QED) is 0.381. The SMILES string of the molecule is CN(C(=O)NCc1ccccc1)N1CC(=O)N2[C@@H](Cc3ccccc3)C(=O)N(Cc3ccc4nnc#cc4c3)C[C@@H]21. The van der Waals surface area contributed by atoms with Gasteiger partial charge in [-0.1, -0.05) is 71.8 Å². The van der Waals surface area contributed by atoms with Crippen molar-refractivity contribution < 1.29 is 14.4 Å². The summed E-state index contributed by atoms with van der Waals surface area (Å²) in [6, 6.07) is 27.0. The summed E-state index contributed by atoms with van der Waals surface area (Å²) < 4.78 is 0. The molecule has 0 saturated carbocycles. The molecule has 41 heavy (non-hydrogen) atoms. The monoisotopic (exact) mass is 547 g/mol. The largest absolute Gasteiger partial charge is 0.333 e. The zero-order valence-electron chi connectivity index (χ0n) is 22.6. The van der Waals surface area contributed by atoms with Crippen LogP contribution in [0.3, 0.4) is 0 Å². The minimum Gasteiger partial charge on any atom is -0.333 e. The Balaban J connectivity index is 1.26. The van der Waals surface area contributed by atoms with Gasteiger partial charge >= 0.3 is 6.03 Å². The summed E-state index contributed by atoms with van der Waals surface area (Å²) in [6.45, 7) is 0.967. The number of piperazine rings is 1. The van der Waals surface area contributed by atoms with Crippen LogP contribution in [0.5, 0.6) is 0 Å². The Morgan fingerprint density at radius 3 is 2.49 bits per heavy atom. The number of hydrogen-bond acceptors (Lipinski definition) is 6. The van der Waals surface area contributed by atoms with Crippen LogP contribution in [0.2, 0.25) is 0 Å². The van der Waals surface area contributed by atoms with Crippen molar-refractivity contribution in [1.29, 1.82) is 0 Å². The van der Waals surface area contributed by atoms with E-state index in [9.17, 15) is 14.4 Å². The molecule has 4 amide bonds. The topological polar surface area (TPSA) is 102 Å². The number of hydrazine groups is 1. The molecule has 3 heterocycles. The summed E-state index contributed by atoms with van der Waals surface area (Å²) >= 11 is 0. The molecule has 10 nitrogen and oxygen atoms in total. The van der Waals surface area contributed by atoms with Crippen LogP contribution in [0.4, 0.5) is 4.79 Å². The first-order valence-electron chi connectivity index (χ1n) is 13.5. The van der Waals surface area contributed by atoms with Crippen molar-refractivity contribution in [2.24, 2.45) is 0 Å². The average Bonchev–Trinajstić information content (AvgIpc) is 3.34. The fraction of sp³-hybridized carbons (Fsp3) is 0.258. The minimum absolute atomic E-state index is 0.00573. The molecule has 6 rings (SSSR count). The van der Waals surface area contributed by atoms with Crippen molar-refractivity contribution in [1.82, 2.24) is 35.3 Å². The lowest BCUT2D eigenvalue weighted by Gasteiger charge is -2.45. The number of aromatic nitrogens is 2. The van der Waals surface area contributed by atoms with E-state index in [0.29, 0.717) is 25.0 Å². The summed E-state index contributed by atoms with van der Waals surface area (Å²) in [7, 11) is 1.65. The second-order valence-corrected chi connectivity index (χ2v) is 10.3. The predicted molar refractivity (Wildman–Crippen MR) is 150 cm³/mol. The van der Waals surface area contributed by atoms with Crippen LogP contribution in [0.25, 0.3) is 10.9 Å². The molecule has 3 aromatic carbocycles. The standard InChI is InChI=1S/C31H29N7O3/c1-35(31(41)32-18-23-10-6-3-7-11-23)37-21-29(39)38-27(17-22-8-4-2-5-9-22)30(40)36(20-28(37)38)19-24-12-13-26-25(16-24)14-15-33-34-26/h2-13,16,27-28H,17-21H2,1H3,(H,32,41)/t27-,28+/m0/s1. The molecule has 2 aliphatic heterocycles. The van der Waals surface area contributed by atoms with Crippen molar-refractivity contribution in [2.75, 3.05) is 20.1 Å². The molecule has 0 bridgehead atoms. The normalized spacial score (nSPS) is 18.8. The first-order chi connectivity index (χ1) is 20.0. The third-order valence-electron chi connectivity index (χ3n) is 7.64. The van der Waals surface area contributed by atoms with Crippen LogP contribution in [0.1, 0.15) is 16.7 Å². The van der Waals surface area contributed by atoms with Gasteiger partial charge in [0, 0.05) is 26.6 Å². The number of hydrogen-bond donors (Lipinski definition) is 1. The zero-order valence-corrected chi connectivity index (χ0v) is 22.6. The smallest absolute Gasteiger partial charge is 0.332 e. The molecule has 0 unspecified atom stereocenters. The second-order valence-electron chi connectivity index (χ2n) is 10.3. The second kappa shape index (κ2) is 11.2. The molecule has 2 atom stereocenters. The van der Waals surface area contributed by atoms with E-state index in [1.807, 2.05) is 78.9 Å². The number of nitrogens with one attached hydrogen (secondary N) is 1. The van der Waals surface area contributed by atoms with Gasteiger partial charge in [0.1, 0.15) is 17.7 Å². The molecule has 0 radical (unpaired) electrons. The number of rotatable bonds is 7. The van der Waals surface area contributed by atoms with Crippen molar-refractivity contribution in [2.45, 2.75) is 31.7 Å². The molecule has 0 aliphatic carbocycles. The maximum absolute atomic E-state index is 13.9. The van der Waals surface area contributed by atoms with E-state index in [1.165, 1.54) is 5.01 Å². The Morgan fingerprint density at radius 2 is 1.73 bits per heavy atom. The van der Waals surface area contributed by atoms with Gasteiger partial charge in [-0.15, -0.1) is 5.10 Å². The number of nitrogens with zero attached hydrogens (tertiary/aromatic N) is 6. The Bertz CT molecular complexity index is 1570. The molecule has 206 valence electrons. The minimum atomic E-state index is -0.694. The Kier molecular flexibility index (Phi) is 7.18. The first-order valence-corrected chi connectivity index (χ1v) is 13.5. The zero-order chi connectivity index (χ0) is 28.3. The lowest BCUT2D eigenvalue weighted by atomic mass is 10.00. The van der Waals surface area contributed by atoms with Gasteiger partial charge in [-0.05, 0) is 34.9 Å². The molecule has 0 spiro atoms. The van der Waals surface area contributed by atoms with E-state index in [0.717, 1.165) is 22.1 Å². The van der Waals surface area contributed by atoms with E-state index in [1.54, 1.807) is 21.9 Å².